The molecule has 0 atom stereocenters. The molecule has 0 spiro atoms. The second kappa shape index (κ2) is 8.22. The van der Waals surface area contributed by atoms with E-state index >= 15 is 0 Å². The van der Waals surface area contributed by atoms with Crippen LogP contribution in [0.2, 0.25) is 0 Å². The van der Waals surface area contributed by atoms with E-state index in [2.05, 4.69) is 26.4 Å². The van der Waals surface area contributed by atoms with E-state index in [0.29, 0.717) is 36.2 Å². The third-order valence-electron chi connectivity index (χ3n) is 5.41. The highest BCUT2D eigenvalue weighted by Gasteiger charge is 2.25. The Labute approximate surface area is 176 Å². The van der Waals surface area contributed by atoms with Crippen molar-refractivity contribution in [1.29, 1.82) is 0 Å². The maximum absolute atomic E-state index is 12.5. The molecule has 1 aromatic heterocycles. The summed E-state index contributed by atoms with van der Waals surface area (Å²) in [5.74, 6) is 0.526. The van der Waals surface area contributed by atoms with Gasteiger partial charge in [0, 0.05) is 30.0 Å². The third-order valence-corrected chi connectivity index (χ3v) is 5.41. The molecule has 0 bridgehead atoms. The van der Waals surface area contributed by atoms with Crippen LogP contribution < -0.4 is 21.4 Å². The number of fused-ring (bicyclic) bond motifs is 1. The molecule has 8 nitrogen and oxygen atoms in total. The van der Waals surface area contributed by atoms with Crippen LogP contribution in [0.15, 0.2) is 29.4 Å². The van der Waals surface area contributed by atoms with Gasteiger partial charge in [-0.2, -0.15) is 0 Å². The number of anilines is 1. The van der Waals surface area contributed by atoms with Crippen molar-refractivity contribution < 1.29 is 9.59 Å². The number of carbonyl (C=O) groups excluding carboxylic acids is 2. The first kappa shape index (κ1) is 20.0. The lowest BCUT2D eigenvalue weighted by molar-refractivity contribution is 0.0943. The average Bonchev–Trinajstić information content (AvgIpc) is 3.48. The predicted octanol–water partition coefficient (Wildman–Crippen LogP) is 2.51. The predicted molar refractivity (Wildman–Crippen MR) is 118 cm³/mol. The number of aryl methyl sites for hydroxylation is 1. The lowest BCUT2D eigenvalue weighted by Gasteiger charge is -2.21. The summed E-state index contributed by atoms with van der Waals surface area (Å²) < 4.78 is 1.84. The van der Waals surface area contributed by atoms with Crippen molar-refractivity contribution in [2.45, 2.75) is 46.1 Å². The summed E-state index contributed by atoms with van der Waals surface area (Å²) >= 11 is 0. The molecule has 4 rings (SSSR count). The van der Waals surface area contributed by atoms with Crippen LogP contribution in [-0.2, 0) is 0 Å². The fourth-order valence-electron chi connectivity index (χ4n) is 3.46. The Bertz CT molecular complexity index is 1020. The minimum Gasteiger partial charge on any atom is -0.352 e. The molecule has 30 heavy (non-hydrogen) atoms. The van der Waals surface area contributed by atoms with Gasteiger partial charge in [-0.05, 0) is 56.4 Å². The van der Waals surface area contributed by atoms with Crippen molar-refractivity contribution in [2.75, 3.05) is 24.0 Å². The minimum absolute atomic E-state index is 0.0535. The lowest BCUT2D eigenvalue weighted by Crippen LogP contribution is -2.30. The van der Waals surface area contributed by atoms with Gasteiger partial charge in [0.2, 0.25) is 0 Å². The highest BCUT2D eigenvalue weighted by atomic mass is 16.2. The van der Waals surface area contributed by atoms with Gasteiger partial charge in [-0.25, -0.2) is 4.99 Å². The summed E-state index contributed by atoms with van der Waals surface area (Å²) in [6.45, 7) is 6.96. The zero-order valence-electron chi connectivity index (χ0n) is 17.6. The quantitative estimate of drug-likeness (QED) is 0.590. The lowest BCUT2D eigenvalue weighted by atomic mass is 10.1. The number of carbonyl (C=O) groups is 2. The number of rotatable bonds is 6. The maximum Gasteiger partial charge on any atom is 0.253 e. The Balaban J connectivity index is 1.59. The van der Waals surface area contributed by atoms with Crippen LogP contribution >= 0.6 is 0 Å². The molecular weight excluding hydrogens is 380 g/mol. The summed E-state index contributed by atoms with van der Waals surface area (Å²) in [4.78, 5) is 29.5. The number of hydrogen-bond acceptors (Lipinski definition) is 5. The molecule has 1 aliphatic heterocycles. The van der Waals surface area contributed by atoms with Crippen LogP contribution in [0.5, 0.6) is 0 Å². The normalized spacial score (nSPS) is 15.0. The molecular formula is C22H28N6O2. The van der Waals surface area contributed by atoms with Crippen LogP contribution in [0.4, 0.5) is 5.69 Å². The largest absolute Gasteiger partial charge is 0.352 e. The second-order valence-corrected chi connectivity index (χ2v) is 7.87. The van der Waals surface area contributed by atoms with Gasteiger partial charge in [-0.1, -0.05) is 13.0 Å². The Kier molecular flexibility index (Phi) is 5.48. The van der Waals surface area contributed by atoms with Crippen molar-refractivity contribution in [3.05, 3.63) is 52.3 Å². The number of benzene rings is 1. The highest BCUT2D eigenvalue weighted by Crippen LogP contribution is 2.24. The molecule has 0 saturated heterocycles. The standard InChI is InChI=1S/C22H28N6O2/c1-4-9-23-22(30)17-11-28-19(14(17)3)20(24-12-25-28)27-18-10-15(6-5-13(18)2)21(29)26-16-7-8-16/h5-6,10-11,16,25H,4,7-9,12H2,1-3H3,(H,23,30)(H,24,27)(H,26,29). The fraction of sp³-hybridized carbons (Fsp3) is 0.409. The molecule has 8 heteroatoms. The van der Waals surface area contributed by atoms with Crippen molar-refractivity contribution in [3.8, 4) is 0 Å². The summed E-state index contributed by atoms with van der Waals surface area (Å²) in [7, 11) is 0. The molecule has 158 valence electrons. The Morgan fingerprint density at radius 2 is 2.03 bits per heavy atom. The molecule has 1 aromatic carbocycles. The summed E-state index contributed by atoms with van der Waals surface area (Å²) in [6, 6.07) is 5.94. The molecule has 1 fully saturated rings. The topological polar surface area (TPSA) is 99.5 Å². The third kappa shape index (κ3) is 4.03. The van der Waals surface area contributed by atoms with E-state index in [-0.39, 0.29) is 11.8 Å². The number of aromatic nitrogens is 1. The van der Waals surface area contributed by atoms with Gasteiger partial charge >= 0.3 is 0 Å². The van der Waals surface area contributed by atoms with Crippen LogP contribution in [-0.4, -0.2) is 41.6 Å². The molecule has 4 N–H and O–H groups in total. The van der Waals surface area contributed by atoms with Gasteiger partial charge in [0.25, 0.3) is 11.8 Å². The van der Waals surface area contributed by atoms with E-state index in [1.807, 2.05) is 43.6 Å². The van der Waals surface area contributed by atoms with Gasteiger partial charge in [0.15, 0.2) is 5.84 Å². The summed E-state index contributed by atoms with van der Waals surface area (Å²) in [5.41, 5.74) is 7.91. The van der Waals surface area contributed by atoms with E-state index in [1.54, 1.807) is 6.20 Å². The zero-order chi connectivity index (χ0) is 21.3. The van der Waals surface area contributed by atoms with E-state index in [1.165, 1.54) is 0 Å². The number of nitrogens with zero attached hydrogens (tertiary/aromatic N) is 2. The van der Waals surface area contributed by atoms with Crippen LogP contribution in [0.3, 0.4) is 0 Å². The zero-order valence-corrected chi connectivity index (χ0v) is 17.6. The first-order valence-corrected chi connectivity index (χ1v) is 10.4. The summed E-state index contributed by atoms with van der Waals surface area (Å²) in [6.07, 6.45) is 4.79. The molecule has 0 radical (unpaired) electrons. The molecule has 2 aliphatic rings. The van der Waals surface area contributed by atoms with Gasteiger partial charge in [0.05, 0.1) is 5.56 Å². The van der Waals surface area contributed by atoms with E-state index in [9.17, 15) is 9.59 Å². The molecule has 2 amide bonds. The number of hydrogen-bond donors (Lipinski definition) is 4. The fourth-order valence-corrected chi connectivity index (χ4v) is 3.46. The van der Waals surface area contributed by atoms with E-state index in [0.717, 1.165) is 41.8 Å². The highest BCUT2D eigenvalue weighted by molar-refractivity contribution is 6.11. The van der Waals surface area contributed by atoms with Gasteiger partial charge in [0.1, 0.15) is 12.4 Å². The van der Waals surface area contributed by atoms with Gasteiger partial charge < -0.3 is 21.4 Å². The number of amidine groups is 1. The first-order chi connectivity index (χ1) is 14.5. The maximum atomic E-state index is 12.5. The van der Waals surface area contributed by atoms with E-state index in [4.69, 9.17) is 0 Å². The van der Waals surface area contributed by atoms with Gasteiger partial charge in [-0.15, -0.1) is 0 Å². The average molecular weight is 409 g/mol. The Morgan fingerprint density at radius 1 is 1.23 bits per heavy atom. The van der Waals surface area contributed by atoms with Crippen molar-refractivity contribution in [1.82, 2.24) is 15.3 Å². The van der Waals surface area contributed by atoms with Crippen molar-refractivity contribution >= 4 is 23.3 Å². The van der Waals surface area contributed by atoms with Gasteiger partial charge in [-0.3, -0.25) is 14.3 Å². The number of aliphatic imine (C=N–C) groups is 1. The SMILES string of the molecule is CCCNC(=O)c1cn2c(c1C)C(Nc1cc(C(=O)NC3CC3)ccc1C)=NCN2. The summed E-state index contributed by atoms with van der Waals surface area (Å²) in [5, 5.41) is 9.33. The molecule has 1 saturated carbocycles. The van der Waals surface area contributed by atoms with Crippen LogP contribution in [0, 0.1) is 13.8 Å². The number of nitrogens with one attached hydrogen (secondary N) is 4. The first-order valence-electron chi connectivity index (χ1n) is 10.4. The smallest absolute Gasteiger partial charge is 0.253 e. The molecule has 2 heterocycles. The second-order valence-electron chi connectivity index (χ2n) is 7.87. The number of amides is 2. The molecule has 2 aromatic rings. The van der Waals surface area contributed by atoms with Crippen LogP contribution in [0.1, 0.15) is 63.7 Å². The van der Waals surface area contributed by atoms with Crippen molar-refractivity contribution in [3.63, 3.8) is 0 Å². The van der Waals surface area contributed by atoms with Crippen molar-refractivity contribution in [2.24, 2.45) is 4.99 Å². The van der Waals surface area contributed by atoms with E-state index < -0.39 is 0 Å². The molecule has 1 aliphatic carbocycles. The Morgan fingerprint density at radius 3 is 2.77 bits per heavy atom. The Hall–Kier alpha value is -3.29. The monoisotopic (exact) mass is 408 g/mol. The van der Waals surface area contributed by atoms with Crippen LogP contribution in [0.25, 0.3) is 0 Å². The minimum atomic E-state index is -0.0904. The molecule has 0 unspecified atom stereocenters.